The van der Waals surface area contributed by atoms with Crippen molar-refractivity contribution in [2.75, 3.05) is 5.73 Å². The molecule has 1 rings (SSSR count). The fraction of sp³-hybridized carbons (Fsp3) is 0.167. The molecular formula is C6H7IN2O2. The largest absolute Gasteiger partial charge is 0.478 e. The Morgan fingerprint density at radius 1 is 1.73 bits per heavy atom. The number of halogens is 1. The molecule has 60 valence electrons. The summed E-state index contributed by atoms with van der Waals surface area (Å²) >= 11 is 1.91. The van der Waals surface area contributed by atoms with Crippen molar-refractivity contribution < 1.29 is 9.90 Å². The van der Waals surface area contributed by atoms with E-state index in [9.17, 15) is 4.79 Å². The van der Waals surface area contributed by atoms with E-state index in [1.165, 1.54) is 0 Å². The van der Waals surface area contributed by atoms with Crippen molar-refractivity contribution in [2.24, 2.45) is 0 Å². The summed E-state index contributed by atoms with van der Waals surface area (Å²) in [6, 6.07) is 0. The van der Waals surface area contributed by atoms with Crippen LogP contribution in [0.25, 0.3) is 0 Å². The molecule has 0 aliphatic rings. The lowest BCUT2D eigenvalue weighted by Crippen LogP contribution is -1.99. The van der Waals surface area contributed by atoms with E-state index in [4.69, 9.17) is 10.8 Å². The number of aromatic amines is 1. The van der Waals surface area contributed by atoms with Gasteiger partial charge in [-0.25, -0.2) is 4.79 Å². The summed E-state index contributed by atoms with van der Waals surface area (Å²) in [5, 5.41) is 8.68. The van der Waals surface area contributed by atoms with Crippen LogP contribution in [0.5, 0.6) is 0 Å². The van der Waals surface area contributed by atoms with Crippen LogP contribution in [-0.2, 0) is 0 Å². The van der Waals surface area contributed by atoms with E-state index >= 15 is 0 Å². The Morgan fingerprint density at radius 3 is 2.45 bits per heavy atom. The van der Waals surface area contributed by atoms with Gasteiger partial charge in [-0.05, 0) is 29.5 Å². The van der Waals surface area contributed by atoms with Gasteiger partial charge in [-0.3, -0.25) is 0 Å². The molecule has 0 saturated heterocycles. The first-order valence-corrected chi connectivity index (χ1v) is 3.98. The number of nitrogens with two attached hydrogens (primary N) is 1. The van der Waals surface area contributed by atoms with E-state index in [1.54, 1.807) is 6.92 Å². The number of carboxylic acid groups (broad SMARTS) is 1. The van der Waals surface area contributed by atoms with Gasteiger partial charge in [0.1, 0.15) is 5.82 Å². The number of hydrogen-bond donors (Lipinski definition) is 3. The van der Waals surface area contributed by atoms with Gasteiger partial charge in [0.15, 0.2) is 0 Å². The van der Waals surface area contributed by atoms with Crippen LogP contribution in [0.1, 0.15) is 15.9 Å². The van der Waals surface area contributed by atoms with Crippen LogP contribution in [0.4, 0.5) is 5.82 Å². The fourth-order valence-corrected chi connectivity index (χ4v) is 1.75. The fourth-order valence-electron chi connectivity index (χ4n) is 0.828. The second-order valence-electron chi connectivity index (χ2n) is 2.16. The average molecular weight is 266 g/mol. The lowest BCUT2D eigenvalue weighted by molar-refractivity contribution is 0.0695. The van der Waals surface area contributed by atoms with Crippen molar-refractivity contribution >= 4 is 34.4 Å². The molecule has 0 atom stereocenters. The minimum Gasteiger partial charge on any atom is -0.478 e. The van der Waals surface area contributed by atoms with Crippen LogP contribution >= 0.6 is 22.6 Å². The van der Waals surface area contributed by atoms with E-state index in [-0.39, 0.29) is 5.56 Å². The van der Waals surface area contributed by atoms with Crippen molar-refractivity contribution in [3.05, 3.63) is 14.8 Å². The third kappa shape index (κ3) is 1.32. The summed E-state index contributed by atoms with van der Waals surface area (Å²) in [4.78, 5) is 13.3. The second kappa shape index (κ2) is 2.72. The summed E-state index contributed by atoms with van der Waals surface area (Å²) in [7, 11) is 0. The topological polar surface area (TPSA) is 79.1 Å². The van der Waals surface area contributed by atoms with E-state index in [2.05, 4.69) is 4.98 Å². The number of aromatic carboxylic acids is 1. The van der Waals surface area contributed by atoms with Gasteiger partial charge in [0.05, 0.1) is 9.26 Å². The van der Waals surface area contributed by atoms with Crippen molar-refractivity contribution in [2.45, 2.75) is 6.92 Å². The number of nitrogen functional groups attached to an aromatic ring is 1. The molecule has 0 radical (unpaired) electrons. The molecule has 0 aliphatic carbocycles. The number of anilines is 1. The van der Waals surface area contributed by atoms with Crippen LogP contribution < -0.4 is 5.73 Å². The van der Waals surface area contributed by atoms with Crippen LogP contribution in [-0.4, -0.2) is 16.1 Å². The standard InChI is InChI=1S/C6H7IN2O2/c1-2-3(6(10)11)4(7)9-5(2)8/h9H,8H2,1H3,(H,10,11). The highest BCUT2D eigenvalue weighted by atomic mass is 127. The number of nitrogens with one attached hydrogen (secondary N) is 1. The van der Waals surface area contributed by atoms with Crippen LogP contribution in [0.3, 0.4) is 0 Å². The highest BCUT2D eigenvalue weighted by Gasteiger charge is 2.15. The lowest BCUT2D eigenvalue weighted by atomic mass is 10.2. The van der Waals surface area contributed by atoms with Gasteiger partial charge in [-0.2, -0.15) is 0 Å². The quantitative estimate of drug-likeness (QED) is 0.668. The molecule has 4 N–H and O–H groups in total. The molecule has 0 unspecified atom stereocenters. The molecule has 0 bridgehead atoms. The molecule has 0 saturated carbocycles. The zero-order valence-electron chi connectivity index (χ0n) is 5.81. The van der Waals surface area contributed by atoms with Crippen molar-refractivity contribution in [3.63, 3.8) is 0 Å². The number of carboxylic acids is 1. The summed E-state index contributed by atoms with van der Waals surface area (Å²) in [6.45, 7) is 1.68. The molecule has 4 nitrogen and oxygen atoms in total. The molecule has 0 aromatic carbocycles. The highest BCUT2D eigenvalue weighted by molar-refractivity contribution is 14.1. The third-order valence-electron chi connectivity index (χ3n) is 1.46. The molecule has 0 spiro atoms. The number of aromatic nitrogens is 1. The van der Waals surface area contributed by atoms with Gasteiger partial charge < -0.3 is 15.8 Å². The molecule has 1 heterocycles. The Bertz CT molecular complexity index is 306. The zero-order valence-corrected chi connectivity index (χ0v) is 7.97. The van der Waals surface area contributed by atoms with Gasteiger partial charge in [0.2, 0.25) is 0 Å². The Labute approximate surface area is 76.9 Å². The molecule has 1 aromatic rings. The number of carbonyl (C=O) groups is 1. The van der Waals surface area contributed by atoms with Crippen molar-refractivity contribution in [3.8, 4) is 0 Å². The van der Waals surface area contributed by atoms with Crippen molar-refractivity contribution in [1.82, 2.24) is 4.98 Å². The normalized spacial score (nSPS) is 10.0. The predicted octanol–water partition coefficient (Wildman–Crippen LogP) is 1.21. The molecular weight excluding hydrogens is 259 g/mol. The molecule has 11 heavy (non-hydrogen) atoms. The molecule has 1 aromatic heterocycles. The third-order valence-corrected chi connectivity index (χ3v) is 2.27. The van der Waals surface area contributed by atoms with Crippen molar-refractivity contribution in [1.29, 1.82) is 0 Å². The summed E-state index contributed by atoms with van der Waals surface area (Å²) < 4.78 is 0.574. The second-order valence-corrected chi connectivity index (χ2v) is 3.24. The number of H-pyrrole nitrogens is 1. The van der Waals surface area contributed by atoms with E-state index in [0.29, 0.717) is 15.1 Å². The zero-order chi connectivity index (χ0) is 8.59. The van der Waals surface area contributed by atoms with Gasteiger partial charge in [0, 0.05) is 5.56 Å². The summed E-state index contributed by atoms with van der Waals surface area (Å²) in [6.07, 6.45) is 0. The Hall–Kier alpha value is -0.720. The SMILES string of the molecule is Cc1c(N)[nH]c(I)c1C(=O)O. The lowest BCUT2D eigenvalue weighted by Gasteiger charge is -1.91. The molecule has 0 amide bonds. The number of rotatable bonds is 1. The van der Waals surface area contributed by atoms with E-state index in [0.717, 1.165) is 0 Å². The summed E-state index contributed by atoms with van der Waals surface area (Å²) in [5.41, 5.74) is 6.32. The maximum absolute atomic E-state index is 10.6. The van der Waals surface area contributed by atoms with Gasteiger partial charge in [0.25, 0.3) is 0 Å². The molecule has 5 heteroatoms. The predicted molar refractivity (Wildman–Crippen MR) is 49.6 cm³/mol. The van der Waals surface area contributed by atoms with Gasteiger partial charge in [-0.1, -0.05) is 0 Å². The Balaban J connectivity index is 3.34. The maximum atomic E-state index is 10.6. The Morgan fingerprint density at radius 2 is 2.27 bits per heavy atom. The van der Waals surface area contributed by atoms with E-state index in [1.807, 2.05) is 22.6 Å². The maximum Gasteiger partial charge on any atom is 0.338 e. The minimum atomic E-state index is -0.945. The average Bonchev–Trinajstić information content (AvgIpc) is 2.07. The minimum absolute atomic E-state index is 0.267. The smallest absolute Gasteiger partial charge is 0.338 e. The van der Waals surface area contributed by atoms with Gasteiger partial charge in [-0.15, -0.1) is 0 Å². The first-order valence-electron chi connectivity index (χ1n) is 2.91. The summed E-state index contributed by atoms with van der Waals surface area (Å²) in [5.74, 6) is -0.522. The monoisotopic (exact) mass is 266 g/mol. The molecule has 0 aliphatic heterocycles. The highest BCUT2D eigenvalue weighted by Crippen LogP contribution is 2.20. The first-order chi connectivity index (χ1) is 5.04. The molecule has 0 fully saturated rings. The Kier molecular flexibility index (Phi) is 2.08. The van der Waals surface area contributed by atoms with Crippen LogP contribution in [0, 0.1) is 10.6 Å². The van der Waals surface area contributed by atoms with E-state index < -0.39 is 5.97 Å². The number of hydrogen-bond acceptors (Lipinski definition) is 2. The first kappa shape index (κ1) is 8.38. The van der Waals surface area contributed by atoms with Crippen LogP contribution in [0.15, 0.2) is 0 Å². The van der Waals surface area contributed by atoms with Crippen LogP contribution in [0.2, 0.25) is 0 Å². The van der Waals surface area contributed by atoms with Gasteiger partial charge >= 0.3 is 5.97 Å².